The molecule has 0 aliphatic carbocycles. The summed E-state index contributed by atoms with van der Waals surface area (Å²) in [5, 5.41) is 5.43. The van der Waals surface area contributed by atoms with Gasteiger partial charge in [0.1, 0.15) is 12.4 Å². The predicted molar refractivity (Wildman–Crippen MR) is 168 cm³/mol. The Kier molecular flexibility index (Phi) is 9.69. The van der Waals surface area contributed by atoms with Gasteiger partial charge < -0.3 is 24.4 Å². The molecule has 0 radical (unpaired) electrons. The van der Waals surface area contributed by atoms with Crippen molar-refractivity contribution in [1.82, 2.24) is 10.2 Å². The number of carbonyl (C=O) groups excluding carboxylic acids is 2. The summed E-state index contributed by atoms with van der Waals surface area (Å²) in [6.07, 6.45) is -0.290. The fourth-order valence-corrected chi connectivity index (χ4v) is 5.93. The molecule has 2 aliphatic rings. The van der Waals surface area contributed by atoms with Gasteiger partial charge >= 0.3 is 5.97 Å². The van der Waals surface area contributed by atoms with E-state index in [0.717, 1.165) is 16.7 Å². The summed E-state index contributed by atoms with van der Waals surface area (Å²) in [6.45, 7) is 6.01. The number of nitrogens with one attached hydrogen (secondary N) is 1. The van der Waals surface area contributed by atoms with Gasteiger partial charge in [-0.15, -0.1) is 0 Å². The third-order valence-electron chi connectivity index (χ3n) is 7.05. The summed E-state index contributed by atoms with van der Waals surface area (Å²) in [5.41, 5.74) is 4.15. The lowest BCUT2D eigenvalue weighted by Gasteiger charge is -2.36. The lowest BCUT2D eigenvalue weighted by atomic mass is 9.93. The highest BCUT2D eigenvalue weighted by molar-refractivity contribution is 8.16. The number of hydrogen-bond acceptors (Lipinski definition) is 8. The SMILES string of the molecule is COc1cc([C@@H]2C(C(=O)OC(C)C)=C(C)N=C3SC=C(CC(=O)NCc4ccc(F)cc4)N32)ccc1OCc1ccccc1. The van der Waals surface area contributed by atoms with Crippen LogP contribution in [0.4, 0.5) is 4.39 Å². The lowest BCUT2D eigenvalue weighted by molar-refractivity contribution is -0.143. The van der Waals surface area contributed by atoms with Crippen molar-refractivity contribution in [3.63, 3.8) is 0 Å². The lowest BCUT2D eigenvalue weighted by Crippen LogP contribution is -2.38. The Labute approximate surface area is 260 Å². The van der Waals surface area contributed by atoms with E-state index in [-0.39, 0.29) is 30.8 Å². The number of halogens is 1. The first kappa shape index (κ1) is 30.9. The second kappa shape index (κ2) is 13.8. The molecule has 0 unspecified atom stereocenters. The van der Waals surface area contributed by atoms with E-state index < -0.39 is 12.0 Å². The number of rotatable bonds is 11. The van der Waals surface area contributed by atoms with Crippen LogP contribution >= 0.6 is 11.8 Å². The van der Waals surface area contributed by atoms with Crippen LogP contribution in [-0.4, -0.2) is 35.2 Å². The van der Waals surface area contributed by atoms with Crippen molar-refractivity contribution in [2.45, 2.75) is 52.5 Å². The van der Waals surface area contributed by atoms with Gasteiger partial charge in [-0.25, -0.2) is 14.2 Å². The number of aliphatic imine (C=N–C) groups is 1. The van der Waals surface area contributed by atoms with Crippen LogP contribution in [0.15, 0.2) is 100 Å². The molecule has 3 aromatic rings. The van der Waals surface area contributed by atoms with Gasteiger partial charge in [0.2, 0.25) is 5.91 Å². The number of benzene rings is 3. The Morgan fingerprint density at radius 2 is 1.77 bits per heavy atom. The first-order valence-corrected chi connectivity index (χ1v) is 15.1. The molecule has 8 nitrogen and oxygen atoms in total. The molecule has 2 aliphatic heterocycles. The van der Waals surface area contributed by atoms with Gasteiger partial charge in [0.05, 0.1) is 36.9 Å². The Bertz CT molecular complexity index is 1620. The molecule has 0 fully saturated rings. The van der Waals surface area contributed by atoms with Crippen LogP contribution in [-0.2, 0) is 27.5 Å². The highest BCUT2D eigenvalue weighted by atomic mass is 32.2. The number of fused-ring (bicyclic) bond motifs is 1. The zero-order valence-electron chi connectivity index (χ0n) is 25.0. The van der Waals surface area contributed by atoms with Crippen LogP contribution < -0.4 is 14.8 Å². The fourth-order valence-electron chi connectivity index (χ4n) is 4.96. The second-order valence-electron chi connectivity index (χ2n) is 10.6. The van der Waals surface area contributed by atoms with E-state index in [9.17, 15) is 14.0 Å². The molecule has 44 heavy (non-hydrogen) atoms. The molecule has 1 amide bonds. The smallest absolute Gasteiger partial charge is 0.338 e. The summed E-state index contributed by atoms with van der Waals surface area (Å²) in [5.74, 6) is 0.0279. The number of methoxy groups -OCH3 is 1. The second-order valence-corrected chi connectivity index (χ2v) is 11.4. The van der Waals surface area contributed by atoms with Crippen LogP contribution in [0.2, 0.25) is 0 Å². The van der Waals surface area contributed by atoms with Gasteiger partial charge in [0, 0.05) is 12.2 Å². The van der Waals surface area contributed by atoms with E-state index >= 15 is 0 Å². The van der Waals surface area contributed by atoms with Crippen LogP contribution in [0.5, 0.6) is 11.5 Å². The largest absolute Gasteiger partial charge is 0.493 e. The van der Waals surface area contributed by atoms with Crippen molar-refractivity contribution in [2.24, 2.45) is 4.99 Å². The summed E-state index contributed by atoms with van der Waals surface area (Å²) >= 11 is 1.39. The number of ether oxygens (including phenoxy) is 3. The topological polar surface area (TPSA) is 89.5 Å². The summed E-state index contributed by atoms with van der Waals surface area (Å²) in [7, 11) is 1.57. The number of thioether (sulfide) groups is 1. The molecular weight excluding hydrogens is 581 g/mol. The van der Waals surface area contributed by atoms with Gasteiger partial charge in [0.15, 0.2) is 16.7 Å². The molecule has 0 aromatic heterocycles. The van der Waals surface area contributed by atoms with Crippen LogP contribution in [0, 0.1) is 5.82 Å². The van der Waals surface area contributed by atoms with Crippen LogP contribution in [0.3, 0.4) is 0 Å². The number of amidine groups is 1. The van der Waals surface area contributed by atoms with Crippen molar-refractivity contribution >= 4 is 28.8 Å². The van der Waals surface area contributed by atoms with Gasteiger partial charge in [-0.1, -0.05) is 60.3 Å². The van der Waals surface area contributed by atoms with E-state index in [1.165, 1.54) is 23.9 Å². The number of hydrogen-bond donors (Lipinski definition) is 1. The standard InChI is InChI=1S/C34H34FN3O5S/c1-21(2)43-33(40)31-22(3)37-34-38(27(20-44-34)17-30(39)36-18-23-10-13-26(35)14-11-23)32(31)25-12-15-28(29(16-25)41-4)42-19-24-8-6-5-7-9-24/h5-16,20-21,32H,17-19H2,1-4H3,(H,36,39)/t32-/m1/s1. The van der Waals surface area contributed by atoms with Crippen molar-refractivity contribution in [1.29, 1.82) is 0 Å². The highest BCUT2D eigenvalue weighted by Crippen LogP contribution is 2.46. The number of esters is 1. The molecule has 0 saturated heterocycles. The molecule has 2 heterocycles. The molecule has 0 spiro atoms. The summed E-state index contributed by atoms with van der Waals surface area (Å²) in [4.78, 5) is 33.2. The maximum absolute atomic E-state index is 13.5. The number of amides is 1. The van der Waals surface area contributed by atoms with Crippen molar-refractivity contribution in [2.75, 3.05) is 7.11 Å². The fraction of sp³-hybridized carbons (Fsp3) is 0.265. The maximum Gasteiger partial charge on any atom is 0.338 e. The minimum absolute atomic E-state index is 0.0463. The molecule has 5 rings (SSSR count). The van der Waals surface area contributed by atoms with Crippen LogP contribution in [0.25, 0.3) is 0 Å². The van der Waals surface area contributed by atoms with Gasteiger partial charge in [-0.2, -0.15) is 0 Å². The molecule has 0 saturated carbocycles. The first-order chi connectivity index (χ1) is 21.2. The molecule has 3 aromatic carbocycles. The number of allylic oxidation sites excluding steroid dienone is 1. The van der Waals surface area contributed by atoms with Crippen molar-refractivity contribution in [3.8, 4) is 11.5 Å². The van der Waals surface area contributed by atoms with E-state index in [0.29, 0.717) is 40.2 Å². The van der Waals surface area contributed by atoms with E-state index in [2.05, 4.69) is 5.32 Å². The van der Waals surface area contributed by atoms with Crippen molar-refractivity contribution in [3.05, 3.63) is 118 Å². The summed E-state index contributed by atoms with van der Waals surface area (Å²) in [6, 6.07) is 20.7. The van der Waals surface area contributed by atoms with E-state index in [1.54, 1.807) is 40.0 Å². The minimum Gasteiger partial charge on any atom is -0.493 e. The Morgan fingerprint density at radius 3 is 2.48 bits per heavy atom. The normalized spacial score (nSPS) is 15.9. The zero-order valence-corrected chi connectivity index (χ0v) is 25.8. The molecule has 1 N–H and O–H groups in total. The molecule has 0 bridgehead atoms. The van der Waals surface area contributed by atoms with Gasteiger partial charge in [-0.3, -0.25) is 4.79 Å². The van der Waals surface area contributed by atoms with Crippen LogP contribution in [0.1, 0.15) is 49.9 Å². The van der Waals surface area contributed by atoms with E-state index in [4.69, 9.17) is 19.2 Å². The number of carbonyl (C=O) groups is 2. The molecule has 10 heteroatoms. The average molecular weight is 616 g/mol. The molecule has 228 valence electrons. The quantitative estimate of drug-likeness (QED) is 0.242. The zero-order chi connectivity index (χ0) is 31.2. The van der Waals surface area contributed by atoms with E-state index in [1.807, 2.05) is 58.8 Å². The minimum atomic E-state index is -0.628. The van der Waals surface area contributed by atoms with Gasteiger partial charge in [0.25, 0.3) is 0 Å². The predicted octanol–water partition coefficient (Wildman–Crippen LogP) is 6.65. The summed E-state index contributed by atoms with van der Waals surface area (Å²) < 4.78 is 30.8. The van der Waals surface area contributed by atoms with Crippen molar-refractivity contribution < 1.29 is 28.2 Å². The average Bonchev–Trinajstić information content (AvgIpc) is 3.40. The maximum atomic E-state index is 13.5. The monoisotopic (exact) mass is 615 g/mol. The highest BCUT2D eigenvalue weighted by Gasteiger charge is 2.41. The van der Waals surface area contributed by atoms with Gasteiger partial charge in [-0.05, 0) is 67.1 Å². The first-order valence-electron chi connectivity index (χ1n) is 14.2. The molecular formula is C34H34FN3O5S. The Hall–Kier alpha value is -4.57. The third-order valence-corrected chi connectivity index (χ3v) is 7.94. The number of nitrogens with zero attached hydrogens (tertiary/aromatic N) is 2. The molecule has 1 atom stereocenters. The third kappa shape index (κ3) is 7.14. The Morgan fingerprint density at radius 1 is 1.02 bits per heavy atom. The Balaban J connectivity index is 1.43.